The van der Waals surface area contributed by atoms with Gasteiger partial charge in [-0.15, -0.1) is 0 Å². The van der Waals surface area contributed by atoms with Gasteiger partial charge in [0, 0.05) is 41.9 Å². The highest BCUT2D eigenvalue weighted by Gasteiger charge is 2.28. The van der Waals surface area contributed by atoms with Crippen LogP contribution in [0.5, 0.6) is 0 Å². The molecule has 1 amide bonds. The first-order valence-electron chi connectivity index (χ1n) is 10.1. The maximum Gasteiger partial charge on any atom is 0.254 e. The molecule has 6 rings (SSSR count). The van der Waals surface area contributed by atoms with Crippen molar-refractivity contribution in [2.75, 3.05) is 6.54 Å². The minimum absolute atomic E-state index is 0.00593. The summed E-state index contributed by atoms with van der Waals surface area (Å²) in [5.74, 6) is 0.00593. The molecule has 152 valence electrons. The van der Waals surface area contributed by atoms with Crippen molar-refractivity contribution in [3.05, 3.63) is 71.5 Å². The molecule has 0 aliphatic carbocycles. The van der Waals surface area contributed by atoms with Gasteiger partial charge in [0.15, 0.2) is 0 Å². The van der Waals surface area contributed by atoms with Gasteiger partial charge in [-0.2, -0.15) is 5.10 Å². The van der Waals surface area contributed by atoms with Gasteiger partial charge >= 0.3 is 0 Å². The predicted octanol–water partition coefficient (Wildman–Crippen LogP) is 3.37. The number of hydrogen-bond acceptors (Lipinski definition) is 6. The van der Waals surface area contributed by atoms with Crippen LogP contribution in [0.1, 0.15) is 21.6 Å². The van der Waals surface area contributed by atoms with Crippen LogP contribution in [0.4, 0.5) is 0 Å². The Labute approximate surface area is 177 Å². The first-order chi connectivity index (χ1) is 15.2. The van der Waals surface area contributed by atoms with Crippen LogP contribution in [0.3, 0.4) is 0 Å². The van der Waals surface area contributed by atoms with E-state index in [9.17, 15) is 4.79 Å². The standard InChI is InChI=1S/C23H18N6O2/c1-28-22(17-5-2-6-19-21(17)27-31-26-19)16-9-11-29(13-20(16)25-28)23(30)15-7-8-18-14(12-15)4-3-10-24-18/h2-8,10,12H,9,11,13H2,1H3. The zero-order valence-electron chi connectivity index (χ0n) is 16.8. The summed E-state index contributed by atoms with van der Waals surface area (Å²) in [6, 6.07) is 15.3. The van der Waals surface area contributed by atoms with Gasteiger partial charge in [-0.1, -0.05) is 18.2 Å². The molecule has 0 bridgehead atoms. The quantitative estimate of drug-likeness (QED) is 0.443. The van der Waals surface area contributed by atoms with Gasteiger partial charge in [0.05, 0.1) is 23.4 Å². The number of hydrogen-bond donors (Lipinski definition) is 0. The summed E-state index contributed by atoms with van der Waals surface area (Å²) in [6.07, 6.45) is 2.48. The minimum atomic E-state index is 0.00593. The van der Waals surface area contributed by atoms with E-state index in [4.69, 9.17) is 9.73 Å². The van der Waals surface area contributed by atoms with Gasteiger partial charge in [-0.3, -0.25) is 14.5 Å². The second-order valence-corrected chi connectivity index (χ2v) is 7.72. The highest BCUT2D eigenvalue weighted by molar-refractivity contribution is 5.98. The number of rotatable bonds is 2. The first-order valence-corrected chi connectivity index (χ1v) is 10.1. The molecule has 0 atom stereocenters. The van der Waals surface area contributed by atoms with E-state index in [1.165, 1.54) is 0 Å². The fraction of sp³-hybridized carbons (Fsp3) is 0.174. The monoisotopic (exact) mass is 410 g/mol. The van der Waals surface area contributed by atoms with Crippen LogP contribution >= 0.6 is 0 Å². The van der Waals surface area contributed by atoms with Crippen molar-refractivity contribution in [3.8, 4) is 11.3 Å². The van der Waals surface area contributed by atoms with Crippen molar-refractivity contribution in [3.63, 3.8) is 0 Å². The first kappa shape index (κ1) is 17.8. The Morgan fingerprint density at radius 3 is 2.94 bits per heavy atom. The van der Waals surface area contributed by atoms with Gasteiger partial charge in [0.25, 0.3) is 5.91 Å². The summed E-state index contributed by atoms with van der Waals surface area (Å²) < 4.78 is 6.79. The number of amides is 1. The molecule has 2 aromatic carbocycles. The molecule has 3 aromatic heterocycles. The van der Waals surface area contributed by atoms with Gasteiger partial charge < -0.3 is 4.90 Å². The fourth-order valence-electron chi connectivity index (χ4n) is 4.42. The van der Waals surface area contributed by atoms with Crippen LogP contribution in [0.15, 0.2) is 59.4 Å². The number of carbonyl (C=O) groups is 1. The highest BCUT2D eigenvalue weighted by Crippen LogP contribution is 2.33. The fourth-order valence-corrected chi connectivity index (χ4v) is 4.42. The Hall–Kier alpha value is -4.07. The predicted molar refractivity (Wildman–Crippen MR) is 114 cm³/mol. The van der Waals surface area contributed by atoms with Crippen molar-refractivity contribution < 1.29 is 9.42 Å². The Morgan fingerprint density at radius 2 is 2.00 bits per heavy atom. The molecule has 4 heterocycles. The van der Waals surface area contributed by atoms with Gasteiger partial charge in [0.2, 0.25) is 0 Å². The van der Waals surface area contributed by atoms with Gasteiger partial charge in [-0.05, 0) is 47.1 Å². The lowest BCUT2D eigenvalue weighted by atomic mass is 9.98. The van der Waals surface area contributed by atoms with E-state index in [2.05, 4.69) is 15.3 Å². The zero-order valence-corrected chi connectivity index (χ0v) is 16.8. The van der Waals surface area contributed by atoms with Gasteiger partial charge in [0.1, 0.15) is 11.0 Å². The number of benzene rings is 2. The van der Waals surface area contributed by atoms with Crippen LogP contribution in [-0.2, 0) is 20.0 Å². The third-order valence-electron chi connectivity index (χ3n) is 5.88. The third-order valence-corrected chi connectivity index (χ3v) is 5.88. The second kappa shape index (κ2) is 6.73. The lowest BCUT2D eigenvalue weighted by molar-refractivity contribution is 0.0732. The maximum atomic E-state index is 13.2. The number of carbonyl (C=O) groups excluding carboxylic acids is 1. The van der Waals surface area contributed by atoms with E-state index in [0.29, 0.717) is 24.2 Å². The number of fused-ring (bicyclic) bond motifs is 3. The second-order valence-electron chi connectivity index (χ2n) is 7.72. The summed E-state index contributed by atoms with van der Waals surface area (Å²) in [5, 5.41) is 13.7. The van der Waals surface area contributed by atoms with Crippen LogP contribution in [0.2, 0.25) is 0 Å². The molecule has 0 unspecified atom stereocenters. The number of pyridine rings is 1. The topological polar surface area (TPSA) is 89.9 Å². The number of nitrogens with zero attached hydrogens (tertiary/aromatic N) is 6. The zero-order chi connectivity index (χ0) is 20.9. The SMILES string of the molecule is Cn1nc2c(c1-c1cccc3nonc13)CCN(C(=O)c1ccc3ncccc3c1)C2. The number of aromatic nitrogens is 5. The number of aryl methyl sites for hydroxylation is 1. The smallest absolute Gasteiger partial charge is 0.254 e. The summed E-state index contributed by atoms with van der Waals surface area (Å²) in [5.41, 5.74) is 6.97. The van der Waals surface area contributed by atoms with Crippen LogP contribution in [0, 0.1) is 0 Å². The van der Waals surface area contributed by atoms with Crippen molar-refractivity contribution >= 4 is 27.8 Å². The van der Waals surface area contributed by atoms with Crippen molar-refractivity contribution in [1.82, 2.24) is 30.0 Å². The van der Waals surface area contributed by atoms with Gasteiger partial charge in [-0.25, -0.2) is 4.63 Å². The molecule has 0 radical (unpaired) electrons. The summed E-state index contributed by atoms with van der Waals surface area (Å²) >= 11 is 0. The minimum Gasteiger partial charge on any atom is -0.332 e. The van der Waals surface area contributed by atoms with Crippen molar-refractivity contribution in [2.45, 2.75) is 13.0 Å². The Balaban J connectivity index is 1.34. The van der Waals surface area contributed by atoms with Crippen LogP contribution in [0.25, 0.3) is 33.2 Å². The van der Waals surface area contributed by atoms with E-state index in [0.717, 1.165) is 45.4 Å². The molecule has 0 saturated heterocycles. The Morgan fingerprint density at radius 1 is 1.06 bits per heavy atom. The maximum absolute atomic E-state index is 13.2. The summed E-state index contributed by atoms with van der Waals surface area (Å²) in [7, 11) is 1.92. The molecule has 31 heavy (non-hydrogen) atoms. The van der Waals surface area contributed by atoms with E-state index < -0.39 is 0 Å². The molecule has 8 nitrogen and oxygen atoms in total. The van der Waals surface area contributed by atoms with E-state index in [-0.39, 0.29) is 5.91 Å². The van der Waals surface area contributed by atoms with Crippen LogP contribution < -0.4 is 0 Å². The van der Waals surface area contributed by atoms with E-state index >= 15 is 0 Å². The van der Waals surface area contributed by atoms with Crippen molar-refractivity contribution in [1.29, 1.82) is 0 Å². The molecule has 5 aromatic rings. The molecule has 0 spiro atoms. The molecule has 0 fully saturated rings. The Bertz CT molecular complexity index is 1470. The van der Waals surface area contributed by atoms with Crippen molar-refractivity contribution in [2.24, 2.45) is 7.05 Å². The molecule has 1 aliphatic rings. The van der Waals surface area contributed by atoms with E-state index in [1.807, 2.05) is 65.2 Å². The largest absolute Gasteiger partial charge is 0.332 e. The molecule has 8 heteroatoms. The van der Waals surface area contributed by atoms with Crippen LogP contribution in [-0.4, -0.2) is 42.4 Å². The molecule has 0 saturated carbocycles. The molecular weight excluding hydrogens is 392 g/mol. The molecule has 1 aliphatic heterocycles. The van der Waals surface area contributed by atoms with E-state index in [1.54, 1.807) is 6.20 Å². The lowest BCUT2D eigenvalue weighted by Crippen LogP contribution is -2.36. The molecular formula is C23H18N6O2. The molecule has 0 N–H and O–H groups in total. The summed E-state index contributed by atoms with van der Waals surface area (Å²) in [4.78, 5) is 19.4. The summed E-state index contributed by atoms with van der Waals surface area (Å²) in [6.45, 7) is 1.10. The highest BCUT2D eigenvalue weighted by atomic mass is 16.6. The average Bonchev–Trinajstić information content (AvgIpc) is 3.41. The lowest BCUT2D eigenvalue weighted by Gasteiger charge is -2.26. The normalized spacial score (nSPS) is 13.6. The average molecular weight is 410 g/mol. The Kier molecular flexibility index (Phi) is 3.86. The third kappa shape index (κ3) is 2.79.